The maximum absolute atomic E-state index is 14.0. The van der Waals surface area contributed by atoms with Crippen molar-refractivity contribution < 1.29 is 27.1 Å². The van der Waals surface area contributed by atoms with Crippen LogP contribution < -0.4 is 4.74 Å². The summed E-state index contributed by atoms with van der Waals surface area (Å²) < 4.78 is 56.5. The van der Waals surface area contributed by atoms with Crippen LogP contribution >= 0.6 is 0 Å². The predicted octanol–water partition coefficient (Wildman–Crippen LogP) is 4.34. The zero-order valence-electron chi connectivity index (χ0n) is 12.3. The van der Waals surface area contributed by atoms with Gasteiger partial charge < -0.3 is 9.64 Å². The summed E-state index contributed by atoms with van der Waals surface area (Å²) in [5, 5.41) is 0. The van der Waals surface area contributed by atoms with Crippen LogP contribution in [0.2, 0.25) is 0 Å². The van der Waals surface area contributed by atoms with Gasteiger partial charge in [-0.3, -0.25) is 4.79 Å². The highest BCUT2D eigenvalue weighted by molar-refractivity contribution is 5.94. The molecule has 122 valence electrons. The standard InChI is InChI=1S/C16H13F4NO2/c1-21(2)15(22)10-3-8-14(13(17)9-10)23-12-6-4-11(5-7-12)16(18,19)20/h3-9H,1-2H3. The lowest BCUT2D eigenvalue weighted by molar-refractivity contribution is -0.137. The summed E-state index contributed by atoms with van der Waals surface area (Å²) >= 11 is 0. The van der Waals surface area contributed by atoms with Gasteiger partial charge in [0.25, 0.3) is 5.91 Å². The van der Waals surface area contributed by atoms with Crippen molar-refractivity contribution in [2.75, 3.05) is 14.1 Å². The molecule has 2 aromatic carbocycles. The third-order valence-corrected chi connectivity index (χ3v) is 2.99. The molecular formula is C16H13F4NO2. The van der Waals surface area contributed by atoms with Crippen molar-refractivity contribution >= 4 is 5.91 Å². The van der Waals surface area contributed by atoms with Crippen molar-refractivity contribution in [1.82, 2.24) is 4.90 Å². The zero-order chi connectivity index (χ0) is 17.2. The van der Waals surface area contributed by atoms with E-state index in [1.54, 1.807) is 0 Å². The molecule has 0 atom stereocenters. The van der Waals surface area contributed by atoms with Gasteiger partial charge >= 0.3 is 6.18 Å². The number of carbonyl (C=O) groups excluding carboxylic acids is 1. The average molecular weight is 327 g/mol. The fraction of sp³-hybridized carbons (Fsp3) is 0.188. The maximum atomic E-state index is 14.0. The number of halogens is 4. The highest BCUT2D eigenvalue weighted by atomic mass is 19.4. The molecule has 0 aromatic heterocycles. The number of carbonyl (C=O) groups is 1. The molecule has 0 fully saturated rings. The van der Waals surface area contributed by atoms with Gasteiger partial charge in [0.15, 0.2) is 11.6 Å². The lowest BCUT2D eigenvalue weighted by atomic mass is 10.2. The molecule has 2 rings (SSSR count). The van der Waals surface area contributed by atoms with Crippen molar-refractivity contribution in [3.05, 3.63) is 59.4 Å². The molecule has 0 aliphatic carbocycles. The predicted molar refractivity (Wildman–Crippen MR) is 75.9 cm³/mol. The van der Waals surface area contributed by atoms with E-state index in [0.29, 0.717) is 0 Å². The first-order chi connectivity index (χ1) is 10.7. The molecule has 2 aromatic rings. The summed E-state index contributed by atoms with van der Waals surface area (Å²) in [6.07, 6.45) is -4.45. The van der Waals surface area contributed by atoms with E-state index >= 15 is 0 Å². The van der Waals surface area contributed by atoms with E-state index in [-0.39, 0.29) is 23.0 Å². The van der Waals surface area contributed by atoms with Crippen molar-refractivity contribution in [2.24, 2.45) is 0 Å². The highest BCUT2D eigenvalue weighted by Crippen LogP contribution is 2.32. The fourth-order valence-electron chi connectivity index (χ4n) is 1.81. The molecular weight excluding hydrogens is 314 g/mol. The summed E-state index contributed by atoms with van der Waals surface area (Å²) in [5.41, 5.74) is -0.676. The van der Waals surface area contributed by atoms with Gasteiger partial charge in [0, 0.05) is 19.7 Å². The minimum absolute atomic E-state index is 0.0589. The highest BCUT2D eigenvalue weighted by Gasteiger charge is 2.30. The normalized spacial score (nSPS) is 11.2. The summed E-state index contributed by atoms with van der Waals surface area (Å²) in [6.45, 7) is 0. The van der Waals surface area contributed by atoms with Gasteiger partial charge in [0.05, 0.1) is 5.56 Å². The van der Waals surface area contributed by atoms with Crippen LogP contribution in [0.25, 0.3) is 0 Å². The Kier molecular flexibility index (Phi) is 4.58. The summed E-state index contributed by atoms with van der Waals surface area (Å²) in [4.78, 5) is 13.0. The Morgan fingerprint density at radius 3 is 2.13 bits per heavy atom. The number of amides is 1. The minimum atomic E-state index is -4.45. The first-order valence-corrected chi connectivity index (χ1v) is 6.55. The molecule has 0 spiro atoms. The number of rotatable bonds is 3. The third-order valence-electron chi connectivity index (χ3n) is 2.99. The molecule has 7 heteroatoms. The van der Waals surface area contributed by atoms with Crippen LogP contribution in [0.1, 0.15) is 15.9 Å². The molecule has 0 aliphatic rings. The van der Waals surface area contributed by atoms with Crippen LogP contribution in [-0.4, -0.2) is 24.9 Å². The lowest BCUT2D eigenvalue weighted by Crippen LogP contribution is -2.21. The molecule has 0 saturated carbocycles. The summed E-state index contributed by atoms with van der Waals surface area (Å²) in [6, 6.07) is 7.53. The Morgan fingerprint density at radius 2 is 1.65 bits per heavy atom. The molecule has 3 nitrogen and oxygen atoms in total. The quantitative estimate of drug-likeness (QED) is 0.785. The van der Waals surface area contributed by atoms with Gasteiger partial charge in [0.1, 0.15) is 5.75 Å². The van der Waals surface area contributed by atoms with Crippen molar-refractivity contribution in [2.45, 2.75) is 6.18 Å². The summed E-state index contributed by atoms with van der Waals surface area (Å²) in [7, 11) is 3.07. The molecule has 0 saturated heterocycles. The molecule has 0 aliphatic heterocycles. The van der Waals surface area contributed by atoms with Gasteiger partial charge in [-0.25, -0.2) is 4.39 Å². The van der Waals surface area contributed by atoms with E-state index in [2.05, 4.69) is 0 Å². The van der Waals surface area contributed by atoms with Gasteiger partial charge in [-0.05, 0) is 42.5 Å². The Hall–Kier alpha value is -2.57. The van der Waals surface area contributed by atoms with Gasteiger partial charge in [-0.15, -0.1) is 0 Å². The number of alkyl halides is 3. The molecule has 0 N–H and O–H groups in total. The van der Waals surface area contributed by atoms with Crippen LogP contribution in [0.5, 0.6) is 11.5 Å². The smallest absolute Gasteiger partial charge is 0.416 e. The van der Waals surface area contributed by atoms with E-state index in [1.165, 1.54) is 31.1 Å². The second-order valence-corrected chi connectivity index (χ2v) is 4.97. The van der Waals surface area contributed by atoms with Gasteiger partial charge in [-0.2, -0.15) is 13.2 Å². The Bertz CT molecular complexity index is 709. The minimum Gasteiger partial charge on any atom is -0.454 e. The first kappa shape index (κ1) is 16.8. The Balaban J connectivity index is 2.19. The Morgan fingerprint density at radius 1 is 1.04 bits per heavy atom. The van der Waals surface area contributed by atoms with Crippen LogP contribution in [-0.2, 0) is 6.18 Å². The lowest BCUT2D eigenvalue weighted by Gasteiger charge is -2.12. The van der Waals surface area contributed by atoms with E-state index in [0.717, 1.165) is 30.3 Å². The number of benzene rings is 2. The zero-order valence-corrected chi connectivity index (χ0v) is 12.3. The van der Waals surface area contributed by atoms with E-state index in [4.69, 9.17) is 4.74 Å². The number of hydrogen-bond acceptors (Lipinski definition) is 2. The molecule has 0 heterocycles. The largest absolute Gasteiger partial charge is 0.454 e. The second kappa shape index (κ2) is 6.28. The van der Waals surface area contributed by atoms with Crippen molar-refractivity contribution in [1.29, 1.82) is 0 Å². The molecule has 0 unspecified atom stereocenters. The monoisotopic (exact) mass is 327 g/mol. The molecule has 0 bridgehead atoms. The molecule has 23 heavy (non-hydrogen) atoms. The third kappa shape index (κ3) is 4.00. The summed E-state index contributed by atoms with van der Waals surface area (Å²) in [5.74, 6) is -1.27. The number of ether oxygens (including phenoxy) is 1. The van der Waals surface area contributed by atoms with Crippen LogP contribution in [0.4, 0.5) is 17.6 Å². The fourth-order valence-corrected chi connectivity index (χ4v) is 1.81. The van der Waals surface area contributed by atoms with Crippen molar-refractivity contribution in [3.63, 3.8) is 0 Å². The van der Waals surface area contributed by atoms with E-state index < -0.39 is 17.6 Å². The first-order valence-electron chi connectivity index (χ1n) is 6.55. The van der Waals surface area contributed by atoms with E-state index in [9.17, 15) is 22.4 Å². The molecule has 0 radical (unpaired) electrons. The van der Waals surface area contributed by atoms with Crippen LogP contribution in [0, 0.1) is 5.82 Å². The number of nitrogens with zero attached hydrogens (tertiary/aromatic N) is 1. The van der Waals surface area contributed by atoms with Crippen LogP contribution in [0.3, 0.4) is 0 Å². The van der Waals surface area contributed by atoms with Gasteiger partial charge in [-0.1, -0.05) is 0 Å². The van der Waals surface area contributed by atoms with Crippen LogP contribution in [0.15, 0.2) is 42.5 Å². The van der Waals surface area contributed by atoms with Crippen molar-refractivity contribution in [3.8, 4) is 11.5 Å². The van der Waals surface area contributed by atoms with E-state index in [1.807, 2.05) is 0 Å². The van der Waals surface area contributed by atoms with Gasteiger partial charge in [0.2, 0.25) is 0 Å². The topological polar surface area (TPSA) is 29.5 Å². The molecule has 1 amide bonds. The SMILES string of the molecule is CN(C)C(=O)c1ccc(Oc2ccc(C(F)(F)F)cc2)c(F)c1. The second-order valence-electron chi connectivity index (χ2n) is 4.97. The number of hydrogen-bond donors (Lipinski definition) is 0. The Labute approximate surface area is 130 Å². The maximum Gasteiger partial charge on any atom is 0.416 e. The average Bonchev–Trinajstić information content (AvgIpc) is 2.48.